The molecule has 2 heterocycles. The van der Waals surface area contributed by atoms with Gasteiger partial charge in [-0.15, -0.1) is 0 Å². The minimum absolute atomic E-state index is 0.0163. The Bertz CT molecular complexity index is 2080. The third-order valence-electron chi connectivity index (χ3n) is 11.5. The maximum atomic E-state index is 14.4. The summed E-state index contributed by atoms with van der Waals surface area (Å²) in [5, 5.41) is 29.7. The molecule has 0 radical (unpaired) electrons. The van der Waals surface area contributed by atoms with Crippen molar-refractivity contribution in [1.82, 2.24) is 47.4 Å². The summed E-state index contributed by atoms with van der Waals surface area (Å²) >= 11 is 0. The van der Waals surface area contributed by atoms with Gasteiger partial charge < -0.3 is 69.7 Å². The van der Waals surface area contributed by atoms with Crippen molar-refractivity contribution in [3.63, 3.8) is 0 Å². The molecule has 25 heteroatoms. The number of nitrogens with zero attached hydrogens (tertiary/aromatic N) is 1. The molecule has 5 unspecified atom stereocenters. The topological polar surface area (TPSA) is 403 Å². The van der Waals surface area contributed by atoms with E-state index in [0.717, 1.165) is 4.90 Å². The smallest absolute Gasteiger partial charge is 0.245 e. The lowest BCUT2D eigenvalue weighted by molar-refractivity contribution is -0.143. The normalized spacial score (nSPS) is 23.1. The van der Waals surface area contributed by atoms with Gasteiger partial charge in [0, 0.05) is 25.8 Å². The second-order valence-corrected chi connectivity index (χ2v) is 17.6. The molecular formula is C44H66N12O13. The quantitative estimate of drug-likeness (QED) is 0.0703. The lowest BCUT2D eigenvalue weighted by Gasteiger charge is -2.31. The van der Waals surface area contributed by atoms with Crippen molar-refractivity contribution in [3.8, 4) is 5.75 Å². The monoisotopic (exact) mass is 970 g/mol. The van der Waals surface area contributed by atoms with Crippen LogP contribution in [-0.2, 0) is 64.0 Å². The largest absolute Gasteiger partial charge is 0.508 e. The SMILES string of the molecule is CCC(C)C1NC(=O)[C@H](Cc2ccc(O)cc2)NC(=O)CNC(=O)CCC(C(=O)N2CCCC2C(=O)NC(CC(C)C)C(=O)NCC(N)=O)NC(=O)[C@H](CC(N)=O)NC(=O)[C@H](CCC(N)=O)NC1=O. The fourth-order valence-corrected chi connectivity index (χ4v) is 7.62. The molecule has 3 rings (SSSR count). The number of phenols is 1. The second kappa shape index (κ2) is 26.9. The predicted molar refractivity (Wildman–Crippen MR) is 244 cm³/mol. The Kier molecular flexibility index (Phi) is 21.8. The summed E-state index contributed by atoms with van der Waals surface area (Å²) in [6, 6.07) is -4.37. The Morgan fingerprint density at radius 3 is 2.01 bits per heavy atom. The summed E-state index contributed by atoms with van der Waals surface area (Å²) in [5.74, 6) is -11.5. The van der Waals surface area contributed by atoms with Crippen LogP contribution in [0.3, 0.4) is 0 Å². The number of nitrogens with one attached hydrogen (secondary N) is 8. The third kappa shape index (κ3) is 18.3. The number of carbonyl (C=O) groups is 12. The van der Waals surface area contributed by atoms with Crippen LogP contribution in [0.5, 0.6) is 5.75 Å². The van der Waals surface area contributed by atoms with Crippen molar-refractivity contribution in [2.45, 2.75) is 134 Å². The molecule has 25 nitrogen and oxygen atoms in total. The molecule has 2 aliphatic heterocycles. The van der Waals surface area contributed by atoms with Crippen LogP contribution in [0.2, 0.25) is 0 Å². The van der Waals surface area contributed by atoms with E-state index in [4.69, 9.17) is 17.2 Å². The van der Waals surface area contributed by atoms with Gasteiger partial charge in [-0.2, -0.15) is 0 Å². The van der Waals surface area contributed by atoms with E-state index in [-0.39, 0.29) is 37.5 Å². The van der Waals surface area contributed by atoms with Crippen LogP contribution >= 0.6 is 0 Å². The Labute approximate surface area is 398 Å². The zero-order chi connectivity index (χ0) is 51.5. The van der Waals surface area contributed by atoms with Crippen LogP contribution in [-0.4, -0.2) is 143 Å². The van der Waals surface area contributed by atoms with Crippen LogP contribution in [0.1, 0.15) is 91.0 Å². The fraction of sp³-hybridized carbons (Fsp3) is 0.591. The first-order chi connectivity index (χ1) is 32.5. The zero-order valence-electron chi connectivity index (χ0n) is 39.2. The number of rotatable bonds is 17. The van der Waals surface area contributed by atoms with Crippen molar-refractivity contribution >= 4 is 70.9 Å². The number of amides is 12. The number of phenolic OH excluding ortho intramolecular Hbond substituents is 1. The van der Waals surface area contributed by atoms with Gasteiger partial charge in [0.1, 0.15) is 48.0 Å². The first kappa shape index (κ1) is 56.0. The lowest BCUT2D eigenvalue weighted by atomic mass is 9.96. The summed E-state index contributed by atoms with van der Waals surface area (Å²) in [6.07, 6.45) is -1.97. The van der Waals surface area contributed by atoms with Gasteiger partial charge in [-0.25, -0.2) is 0 Å². The van der Waals surface area contributed by atoms with Gasteiger partial charge in [0.05, 0.1) is 19.5 Å². The molecule has 0 aromatic heterocycles. The molecule has 1 aromatic rings. The van der Waals surface area contributed by atoms with Crippen molar-refractivity contribution in [3.05, 3.63) is 29.8 Å². The van der Waals surface area contributed by atoms with Crippen LogP contribution in [0.4, 0.5) is 0 Å². The van der Waals surface area contributed by atoms with E-state index >= 15 is 0 Å². The molecule has 1 aromatic carbocycles. The van der Waals surface area contributed by atoms with E-state index in [2.05, 4.69) is 42.5 Å². The highest BCUT2D eigenvalue weighted by Gasteiger charge is 2.41. The Balaban J connectivity index is 2.06. The number of hydrogen-bond donors (Lipinski definition) is 12. The minimum Gasteiger partial charge on any atom is -0.508 e. The number of aromatic hydroxyl groups is 1. The molecule has 2 aliphatic rings. The molecule has 69 heavy (non-hydrogen) atoms. The maximum absolute atomic E-state index is 14.4. The van der Waals surface area contributed by atoms with Gasteiger partial charge in [0.25, 0.3) is 0 Å². The summed E-state index contributed by atoms with van der Waals surface area (Å²) in [7, 11) is 0. The van der Waals surface area contributed by atoms with E-state index in [1.54, 1.807) is 27.7 Å². The van der Waals surface area contributed by atoms with Crippen molar-refractivity contribution in [1.29, 1.82) is 0 Å². The number of nitrogens with two attached hydrogens (primary N) is 3. The third-order valence-corrected chi connectivity index (χ3v) is 11.5. The second-order valence-electron chi connectivity index (χ2n) is 17.6. The number of likely N-dealkylation sites (tertiary alicyclic amines) is 1. The van der Waals surface area contributed by atoms with Gasteiger partial charge in [-0.1, -0.05) is 46.2 Å². The highest BCUT2D eigenvalue weighted by atomic mass is 16.3. The molecule has 2 fully saturated rings. The van der Waals surface area contributed by atoms with Crippen molar-refractivity contribution < 1.29 is 62.6 Å². The standard InChI is InChI=1S/C44H66N12O13/c1-5-23(4)37-43(68)51-26(12-14-32(45)58)39(64)53-30(19-33(46)59)40(65)52-27(13-15-35(61)48-21-36(62)50-29(41(66)55-37)18-24-8-10-25(57)11-9-24)44(69)56-16-6-7-31(56)42(67)54-28(17-22(2)3)38(63)49-20-34(47)60/h8-11,22-23,26-31,37,57H,5-7,12-21H2,1-4H3,(H2,45,58)(H2,46,59)(H2,47,60)(H,48,61)(H,49,63)(H,50,62)(H,51,68)(H,52,65)(H,53,64)(H,54,67)(H,55,66)/t23?,26-,27?,28?,29-,30-,31?,37?/m0/s1. The van der Waals surface area contributed by atoms with E-state index < -0.39 is 164 Å². The minimum atomic E-state index is -1.82. The number of benzene rings is 1. The van der Waals surface area contributed by atoms with Crippen LogP contribution in [0.15, 0.2) is 24.3 Å². The van der Waals surface area contributed by atoms with E-state index in [1.165, 1.54) is 24.3 Å². The zero-order valence-corrected chi connectivity index (χ0v) is 39.2. The molecule has 0 bridgehead atoms. The van der Waals surface area contributed by atoms with Crippen LogP contribution in [0.25, 0.3) is 0 Å². The molecule has 12 amide bonds. The van der Waals surface area contributed by atoms with Crippen LogP contribution < -0.4 is 59.7 Å². The lowest BCUT2D eigenvalue weighted by Crippen LogP contribution is -2.61. The highest BCUT2D eigenvalue weighted by Crippen LogP contribution is 2.21. The predicted octanol–water partition coefficient (Wildman–Crippen LogP) is -4.42. The average molecular weight is 971 g/mol. The van der Waals surface area contributed by atoms with Crippen molar-refractivity contribution in [2.24, 2.45) is 29.0 Å². The summed E-state index contributed by atoms with van der Waals surface area (Å²) in [6.45, 7) is 5.76. The first-order valence-corrected chi connectivity index (χ1v) is 22.8. The molecule has 15 N–H and O–H groups in total. The van der Waals surface area contributed by atoms with E-state index in [1.807, 2.05) is 0 Å². The number of primary amides is 3. The molecule has 2 saturated heterocycles. The molecule has 0 spiro atoms. The van der Waals surface area contributed by atoms with Gasteiger partial charge in [0.2, 0.25) is 70.9 Å². The average Bonchev–Trinajstić information content (AvgIpc) is 3.78. The Hall–Kier alpha value is -7.34. The van der Waals surface area contributed by atoms with Gasteiger partial charge in [-0.3, -0.25) is 57.5 Å². The maximum Gasteiger partial charge on any atom is 0.245 e. The highest BCUT2D eigenvalue weighted by molar-refractivity contribution is 5.99. The summed E-state index contributed by atoms with van der Waals surface area (Å²) in [4.78, 5) is 161. The van der Waals surface area contributed by atoms with Crippen LogP contribution in [0, 0.1) is 11.8 Å². The first-order valence-electron chi connectivity index (χ1n) is 22.8. The van der Waals surface area contributed by atoms with Gasteiger partial charge >= 0.3 is 0 Å². The molecule has 0 saturated carbocycles. The van der Waals surface area contributed by atoms with Crippen molar-refractivity contribution in [2.75, 3.05) is 19.6 Å². The van der Waals surface area contributed by atoms with E-state index in [9.17, 15) is 62.6 Å². The fourth-order valence-electron chi connectivity index (χ4n) is 7.62. The molecular weight excluding hydrogens is 905 g/mol. The molecule has 8 atom stereocenters. The molecule has 380 valence electrons. The molecule has 0 aliphatic carbocycles. The van der Waals surface area contributed by atoms with Gasteiger partial charge in [-0.05, 0) is 61.6 Å². The van der Waals surface area contributed by atoms with E-state index in [0.29, 0.717) is 18.4 Å². The summed E-state index contributed by atoms with van der Waals surface area (Å²) < 4.78 is 0. The summed E-state index contributed by atoms with van der Waals surface area (Å²) in [5.41, 5.74) is 16.5. The number of carbonyl (C=O) groups excluding carboxylic acids is 12. The Morgan fingerprint density at radius 1 is 0.768 bits per heavy atom. The van der Waals surface area contributed by atoms with Gasteiger partial charge in [0.15, 0.2) is 0 Å². The number of hydrogen-bond acceptors (Lipinski definition) is 13. The Morgan fingerprint density at radius 2 is 1.41 bits per heavy atom.